The molecule has 0 unspecified atom stereocenters. The maximum absolute atomic E-state index is 11.7. The minimum atomic E-state index is -0.576. The van der Waals surface area contributed by atoms with Gasteiger partial charge in [-0.1, -0.05) is 0 Å². The largest absolute Gasteiger partial charge is 0.433 e. The van der Waals surface area contributed by atoms with Crippen LogP contribution in [-0.4, -0.2) is 35.4 Å². The van der Waals surface area contributed by atoms with Gasteiger partial charge in [0.05, 0.1) is 12.6 Å². The highest BCUT2D eigenvalue weighted by atomic mass is 16.6. The maximum atomic E-state index is 11.7. The standard InChI is InChI=1S/C12H19N3O4/c1-3-14(4-2)11(16)7-8-13-9-10-5-6-12(19-10)15(17)18/h5-6,13H,3-4,7-9H2,1-2H3. The summed E-state index contributed by atoms with van der Waals surface area (Å²) in [6.45, 7) is 6.19. The number of amides is 1. The van der Waals surface area contributed by atoms with Crippen LogP contribution in [0.15, 0.2) is 16.5 Å². The second-order valence-corrected chi connectivity index (χ2v) is 3.99. The van der Waals surface area contributed by atoms with Gasteiger partial charge in [0.15, 0.2) is 0 Å². The van der Waals surface area contributed by atoms with Gasteiger partial charge in [-0.3, -0.25) is 14.9 Å². The van der Waals surface area contributed by atoms with Crippen LogP contribution in [0.3, 0.4) is 0 Å². The van der Waals surface area contributed by atoms with E-state index in [2.05, 4.69) is 5.32 Å². The molecule has 19 heavy (non-hydrogen) atoms. The number of rotatable bonds is 8. The number of furan rings is 1. The normalized spacial score (nSPS) is 10.4. The lowest BCUT2D eigenvalue weighted by Crippen LogP contribution is -2.32. The fourth-order valence-electron chi connectivity index (χ4n) is 1.70. The molecule has 0 fully saturated rings. The van der Waals surface area contributed by atoms with E-state index < -0.39 is 4.92 Å². The molecule has 1 aromatic heterocycles. The van der Waals surface area contributed by atoms with Crippen LogP contribution in [0.1, 0.15) is 26.0 Å². The van der Waals surface area contributed by atoms with E-state index in [4.69, 9.17) is 4.42 Å². The summed E-state index contributed by atoms with van der Waals surface area (Å²) in [4.78, 5) is 23.3. The van der Waals surface area contributed by atoms with Crippen LogP contribution in [0.4, 0.5) is 5.88 Å². The van der Waals surface area contributed by atoms with Crippen molar-refractivity contribution in [2.45, 2.75) is 26.8 Å². The first kappa shape index (κ1) is 15.2. The molecule has 0 radical (unpaired) electrons. The van der Waals surface area contributed by atoms with E-state index in [1.165, 1.54) is 6.07 Å². The molecule has 1 heterocycles. The number of carbonyl (C=O) groups excluding carboxylic acids is 1. The molecule has 0 aromatic carbocycles. The summed E-state index contributed by atoms with van der Waals surface area (Å²) in [7, 11) is 0. The monoisotopic (exact) mass is 269 g/mol. The zero-order valence-electron chi connectivity index (χ0n) is 11.2. The number of nitro groups is 1. The fourth-order valence-corrected chi connectivity index (χ4v) is 1.70. The predicted molar refractivity (Wildman–Crippen MR) is 69.6 cm³/mol. The third-order valence-electron chi connectivity index (χ3n) is 2.76. The Labute approximate surface area is 111 Å². The molecule has 1 amide bonds. The Morgan fingerprint density at radius 1 is 1.42 bits per heavy atom. The summed E-state index contributed by atoms with van der Waals surface area (Å²) in [6.07, 6.45) is 0.407. The highest BCUT2D eigenvalue weighted by molar-refractivity contribution is 5.76. The van der Waals surface area contributed by atoms with Crippen LogP contribution in [0.5, 0.6) is 0 Å². The molecule has 0 saturated carbocycles. The molecule has 0 aliphatic carbocycles. The SMILES string of the molecule is CCN(CC)C(=O)CCNCc1ccc([N+](=O)[O-])o1. The van der Waals surface area contributed by atoms with Crippen LogP contribution < -0.4 is 5.32 Å². The number of nitrogens with zero attached hydrogens (tertiary/aromatic N) is 2. The molecule has 0 aliphatic rings. The van der Waals surface area contributed by atoms with Crippen molar-refractivity contribution in [3.8, 4) is 0 Å². The highest BCUT2D eigenvalue weighted by Gasteiger charge is 2.12. The smallest absolute Gasteiger partial charge is 0.404 e. The zero-order chi connectivity index (χ0) is 14.3. The van der Waals surface area contributed by atoms with Crippen molar-refractivity contribution in [2.24, 2.45) is 0 Å². The van der Waals surface area contributed by atoms with Gasteiger partial charge in [-0.2, -0.15) is 0 Å². The Kier molecular flexibility index (Phi) is 6.01. The van der Waals surface area contributed by atoms with Crippen LogP contribution in [0.25, 0.3) is 0 Å². The van der Waals surface area contributed by atoms with Crippen molar-refractivity contribution < 1.29 is 14.1 Å². The van der Waals surface area contributed by atoms with Crippen molar-refractivity contribution in [2.75, 3.05) is 19.6 Å². The van der Waals surface area contributed by atoms with E-state index in [1.54, 1.807) is 11.0 Å². The minimum absolute atomic E-state index is 0.0999. The van der Waals surface area contributed by atoms with Gasteiger partial charge in [0.2, 0.25) is 5.91 Å². The summed E-state index contributed by atoms with van der Waals surface area (Å²) in [5.41, 5.74) is 0. The molecular formula is C12H19N3O4. The Morgan fingerprint density at radius 3 is 2.63 bits per heavy atom. The Hall–Kier alpha value is -1.89. The summed E-state index contributed by atoms with van der Waals surface area (Å²) in [5.74, 6) is 0.320. The van der Waals surface area contributed by atoms with E-state index in [0.29, 0.717) is 38.4 Å². The topological polar surface area (TPSA) is 88.6 Å². The minimum Gasteiger partial charge on any atom is -0.404 e. The van der Waals surface area contributed by atoms with Gasteiger partial charge in [-0.25, -0.2) is 0 Å². The number of carbonyl (C=O) groups is 1. The van der Waals surface area contributed by atoms with Crippen molar-refractivity contribution in [1.82, 2.24) is 10.2 Å². The Bertz CT molecular complexity index is 426. The molecular weight excluding hydrogens is 250 g/mol. The summed E-state index contributed by atoms with van der Waals surface area (Å²) in [5, 5.41) is 13.4. The van der Waals surface area contributed by atoms with Gasteiger partial charge >= 0.3 is 5.88 Å². The van der Waals surface area contributed by atoms with Gasteiger partial charge < -0.3 is 14.6 Å². The van der Waals surface area contributed by atoms with Crippen LogP contribution in [0.2, 0.25) is 0 Å². The Morgan fingerprint density at radius 2 is 2.11 bits per heavy atom. The average Bonchev–Trinajstić information content (AvgIpc) is 2.85. The molecule has 106 valence electrons. The second kappa shape index (κ2) is 7.52. The molecule has 7 heteroatoms. The van der Waals surface area contributed by atoms with Gasteiger partial charge in [0, 0.05) is 26.1 Å². The molecule has 0 spiro atoms. The van der Waals surface area contributed by atoms with Crippen molar-refractivity contribution in [1.29, 1.82) is 0 Å². The summed E-state index contributed by atoms with van der Waals surface area (Å²) >= 11 is 0. The molecule has 0 saturated heterocycles. The first-order chi connectivity index (χ1) is 9.08. The molecule has 1 aromatic rings. The van der Waals surface area contributed by atoms with E-state index >= 15 is 0 Å². The number of nitrogens with one attached hydrogen (secondary N) is 1. The lowest BCUT2D eigenvalue weighted by molar-refractivity contribution is -0.402. The van der Waals surface area contributed by atoms with E-state index in [1.807, 2.05) is 13.8 Å². The zero-order valence-corrected chi connectivity index (χ0v) is 11.2. The van der Waals surface area contributed by atoms with Crippen molar-refractivity contribution in [3.05, 3.63) is 28.0 Å². The predicted octanol–water partition coefficient (Wildman–Crippen LogP) is 1.54. The molecule has 0 bridgehead atoms. The van der Waals surface area contributed by atoms with E-state index in [0.717, 1.165) is 0 Å². The molecule has 1 rings (SSSR count). The summed E-state index contributed by atoms with van der Waals surface area (Å²) < 4.78 is 4.98. The first-order valence-electron chi connectivity index (χ1n) is 6.30. The van der Waals surface area contributed by atoms with Gasteiger partial charge in [0.1, 0.15) is 10.7 Å². The van der Waals surface area contributed by atoms with Crippen LogP contribution in [-0.2, 0) is 11.3 Å². The lowest BCUT2D eigenvalue weighted by atomic mass is 10.3. The lowest BCUT2D eigenvalue weighted by Gasteiger charge is -2.18. The van der Waals surface area contributed by atoms with E-state index in [-0.39, 0.29) is 11.8 Å². The molecule has 1 N–H and O–H groups in total. The third-order valence-corrected chi connectivity index (χ3v) is 2.76. The van der Waals surface area contributed by atoms with E-state index in [9.17, 15) is 14.9 Å². The quantitative estimate of drug-likeness (QED) is 0.439. The maximum Gasteiger partial charge on any atom is 0.433 e. The third kappa shape index (κ3) is 4.70. The highest BCUT2D eigenvalue weighted by Crippen LogP contribution is 2.15. The molecule has 7 nitrogen and oxygen atoms in total. The van der Waals surface area contributed by atoms with Crippen molar-refractivity contribution >= 4 is 11.8 Å². The van der Waals surface area contributed by atoms with Gasteiger partial charge in [0.25, 0.3) is 0 Å². The number of hydrogen-bond acceptors (Lipinski definition) is 5. The van der Waals surface area contributed by atoms with Gasteiger partial charge in [-0.05, 0) is 19.9 Å². The summed E-state index contributed by atoms with van der Waals surface area (Å²) in [6, 6.07) is 2.87. The first-order valence-corrected chi connectivity index (χ1v) is 6.30. The number of hydrogen-bond donors (Lipinski definition) is 1. The van der Waals surface area contributed by atoms with Gasteiger partial charge in [-0.15, -0.1) is 0 Å². The van der Waals surface area contributed by atoms with Crippen LogP contribution >= 0.6 is 0 Å². The Balaban J connectivity index is 2.27. The van der Waals surface area contributed by atoms with Crippen LogP contribution in [0, 0.1) is 10.1 Å². The average molecular weight is 269 g/mol. The second-order valence-electron chi connectivity index (χ2n) is 3.99. The fraction of sp³-hybridized carbons (Fsp3) is 0.583. The van der Waals surface area contributed by atoms with Crippen molar-refractivity contribution in [3.63, 3.8) is 0 Å². The molecule has 0 aliphatic heterocycles. The molecule has 0 atom stereocenters.